The minimum absolute atomic E-state index is 0.131. The van der Waals surface area contributed by atoms with Gasteiger partial charge >= 0.3 is 0 Å². The molecule has 1 saturated carbocycles. The lowest BCUT2D eigenvalue weighted by Crippen LogP contribution is -2.42. The first-order valence-electron chi connectivity index (χ1n) is 10.7. The summed E-state index contributed by atoms with van der Waals surface area (Å²) in [5.41, 5.74) is 1.35. The fraction of sp³-hybridized carbons (Fsp3) is 0.600. The van der Waals surface area contributed by atoms with Gasteiger partial charge in [-0.05, 0) is 55.5 Å². The molecule has 2 fully saturated rings. The molecule has 11 heteroatoms. The van der Waals surface area contributed by atoms with Crippen LogP contribution in [0.1, 0.15) is 44.7 Å². The van der Waals surface area contributed by atoms with Crippen molar-refractivity contribution in [2.75, 3.05) is 6.61 Å². The molecule has 1 amide bonds. The van der Waals surface area contributed by atoms with Gasteiger partial charge < -0.3 is 20.1 Å². The van der Waals surface area contributed by atoms with Gasteiger partial charge in [-0.1, -0.05) is 0 Å². The maximum atomic E-state index is 13.3. The summed E-state index contributed by atoms with van der Waals surface area (Å²) < 4.78 is 6.67. The van der Waals surface area contributed by atoms with Crippen LogP contribution in [0, 0.1) is 5.41 Å². The van der Waals surface area contributed by atoms with E-state index in [1.54, 1.807) is 18.5 Å². The molecule has 0 aromatic carbocycles. The Morgan fingerprint density at radius 2 is 2.13 bits per heavy atom. The van der Waals surface area contributed by atoms with Crippen LogP contribution >= 0.6 is 0 Å². The van der Waals surface area contributed by atoms with Gasteiger partial charge in [-0.15, -0.1) is 5.10 Å². The summed E-state index contributed by atoms with van der Waals surface area (Å²) in [7, 11) is 0. The van der Waals surface area contributed by atoms with E-state index < -0.39 is 6.29 Å². The number of amides is 1. The van der Waals surface area contributed by atoms with Crippen LogP contribution < -0.4 is 5.32 Å². The predicted octanol–water partition coefficient (Wildman–Crippen LogP) is 0.324. The van der Waals surface area contributed by atoms with Crippen LogP contribution in [-0.4, -0.2) is 71.1 Å². The van der Waals surface area contributed by atoms with Crippen LogP contribution in [0.3, 0.4) is 0 Å². The highest BCUT2D eigenvalue weighted by molar-refractivity contribution is 5.87. The van der Waals surface area contributed by atoms with Crippen molar-refractivity contribution in [3.8, 4) is 5.82 Å². The van der Waals surface area contributed by atoms with Gasteiger partial charge in [-0.3, -0.25) is 9.78 Å². The quantitative estimate of drug-likeness (QED) is 0.694. The number of rotatable bonds is 5. The molecule has 3 aliphatic rings. The zero-order chi connectivity index (χ0) is 21.4. The van der Waals surface area contributed by atoms with E-state index in [0.717, 1.165) is 43.5 Å². The highest BCUT2D eigenvalue weighted by atomic mass is 16.6. The molecule has 31 heavy (non-hydrogen) atoms. The maximum Gasteiger partial charge on any atom is 0.233 e. The molecule has 2 atom stereocenters. The molecule has 0 radical (unpaired) electrons. The molecule has 0 bridgehead atoms. The average Bonchev–Trinajstić information content (AvgIpc) is 3.50. The van der Waals surface area contributed by atoms with E-state index in [-0.39, 0.29) is 17.4 Å². The molecular weight excluding hydrogens is 400 g/mol. The number of tetrazole rings is 1. The third-order valence-corrected chi connectivity index (χ3v) is 6.64. The molecule has 2 N–H and O–H groups in total. The van der Waals surface area contributed by atoms with E-state index in [9.17, 15) is 9.90 Å². The van der Waals surface area contributed by atoms with Gasteiger partial charge in [-0.25, -0.2) is 4.98 Å². The van der Waals surface area contributed by atoms with Gasteiger partial charge in [0.2, 0.25) is 5.91 Å². The second-order valence-electron chi connectivity index (χ2n) is 8.64. The van der Waals surface area contributed by atoms with E-state index in [4.69, 9.17) is 4.74 Å². The summed E-state index contributed by atoms with van der Waals surface area (Å²) in [6.07, 6.45) is 10.1. The van der Waals surface area contributed by atoms with Crippen LogP contribution in [0.4, 0.5) is 0 Å². The molecular formula is C20H26N8O3. The second-order valence-corrected chi connectivity index (χ2v) is 8.64. The summed E-state index contributed by atoms with van der Waals surface area (Å²) in [5.74, 6) is 0.758. The molecule has 2 aromatic rings. The van der Waals surface area contributed by atoms with E-state index in [2.05, 4.69) is 37.7 Å². The van der Waals surface area contributed by atoms with Gasteiger partial charge in [0.25, 0.3) is 0 Å². The molecule has 164 valence electrons. The van der Waals surface area contributed by atoms with Crippen molar-refractivity contribution in [3.63, 3.8) is 0 Å². The van der Waals surface area contributed by atoms with Gasteiger partial charge in [-0.2, -0.15) is 4.68 Å². The number of hydrogen-bond donors (Lipinski definition) is 2. The Morgan fingerprint density at radius 1 is 1.29 bits per heavy atom. The third-order valence-electron chi connectivity index (χ3n) is 6.64. The molecule has 2 aromatic heterocycles. The van der Waals surface area contributed by atoms with Crippen LogP contribution in [0.2, 0.25) is 0 Å². The summed E-state index contributed by atoms with van der Waals surface area (Å²) in [6, 6.07) is 0.478. The fourth-order valence-electron chi connectivity index (χ4n) is 5.06. The number of hydrogen-bond acceptors (Lipinski definition) is 9. The van der Waals surface area contributed by atoms with Crippen molar-refractivity contribution < 1.29 is 14.6 Å². The lowest BCUT2D eigenvalue weighted by molar-refractivity contribution is -0.137. The number of carbonyl (C=O) groups excluding carboxylic acids is 1. The number of aliphatic hydroxyl groups is 1. The highest BCUT2D eigenvalue weighted by Crippen LogP contribution is 2.48. The Morgan fingerprint density at radius 3 is 2.77 bits per heavy atom. The number of aliphatic hydroxyl groups excluding tert-OH is 1. The highest BCUT2D eigenvalue weighted by Gasteiger charge is 2.52. The Hall–Kier alpha value is -2.76. The van der Waals surface area contributed by atoms with Crippen LogP contribution in [0.25, 0.3) is 5.82 Å². The molecule has 5 rings (SSSR count). The first kappa shape index (κ1) is 20.2. The van der Waals surface area contributed by atoms with Gasteiger partial charge in [0.1, 0.15) is 6.33 Å². The third kappa shape index (κ3) is 3.84. The zero-order valence-corrected chi connectivity index (χ0v) is 17.4. The summed E-state index contributed by atoms with van der Waals surface area (Å²) in [6.45, 7) is 3.00. The lowest BCUT2D eigenvalue weighted by Gasteiger charge is -2.36. The number of likely N-dealkylation sites (tertiary alicyclic amines) is 1. The summed E-state index contributed by atoms with van der Waals surface area (Å²) in [5, 5.41) is 24.2. The second kappa shape index (κ2) is 8.06. The van der Waals surface area contributed by atoms with Crippen LogP contribution in [0.5, 0.6) is 0 Å². The number of carbonyl (C=O) groups is 1. The van der Waals surface area contributed by atoms with Crippen molar-refractivity contribution in [3.05, 3.63) is 36.2 Å². The van der Waals surface area contributed by atoms with Crippen molar-refractivity contribution >= 4 is 5.91 Å². The summed E-state index contributed by atoms with van der Waals surface area (Å²) >= 11 is 0. The van der Waals surface area contributed by atoms with Crippen molar-refractivity contribution in [2.24, 2.45) is 5.41 Å². The molecule has 2 unspecified atom stereocenters. The zero-order valence-electron chi connectivity index (χ0n) is 17.4. The fourth-order valence-corrected chi connectivity index (χ4v) is 5.06. The Bertz CT molecular complexity index is 953. The van der Waals surface area contributed by atoms with Crippen molar-refractivity contribution in [2.45, 2.75) is 63.9 Å². The maximum absolute atomic E-state index is 13.3. The predicted molar refractivity (Wildman–Crippen MR) is 107 cm³/mol. The van der Waals surface area contributed by atoms with E-state index >= 15 is 0 Å². The van der Waals surface area contributed by atoms with Crippen molar-refractivity contribution in [1.82, 2.24) is 40.4 Å². The van der Waals surface area contributed by atoms with Gasteiger partial charge in [0, 0.05) is 24.3 Å². The molecule has 2 aliphatic heterocycles. The van der Waals surface area contributed by atoms with E-state index in [0.29, 0.717) is 25.0 Å². The lowest BCUT2D eigenvalue weighted by atomic mass is 9.70. The monoisotopic (exact) mass is 426 g/mol. The first-order valence-corrected chi connectivity index (χ1v) is 10.7. The number of nitrogens with one attached hydrogen (secondary N) is 1. The number of nitrogens with zero attached hydrogens (tertiary/aromatic N) is 7. The Labute approximate surface area is 179 Å². The average molecular weight is 426 g/mol. The van der Waals surface area contributed by atoms with Crippen LogP contribution in [0.15, 0.2) is 30.5 Å². The van der Waals surface area contributed by atoms with E-state index in [1.165, 1.54) is 11.0 Å². The largest absolute Gasteiger partial charge is 0.365 e. The molecule has 1 spiro atoms. The van der Waals surface area contributed by atoms with Crippen LogP contribution in [-0.2, 0) is 16.1 Å². The molecule has 11 nitrogen and oxygen atoms in total. The smallest absolute Gasteiger partial charge is 0.233 e. The topological polar surface area (TPSA) is 131 Å². The number of ether oxygens (including phenoxy) is 1. The number of aromatic nitrogens is 6. The van der Waals surface area contributed by atoms with Gasteiger partial charge in [0.15, 0.2) is 12.1 Å². The minimum atomic E-state index is -0.906. The first-order chi connectivity index (χ1) is 15.0. The Balaban J connectivity index is 1.15. The summed E-state index contributed by atoms with van der Waals surface area (Å²) in [4.78, 5) is 23.9. The van der Waals surface area contributed by atoms with E-state index in [1.807, 2.05) is 4.90 Å². The van der Waals surface area contributed by atoms with Gasteiger partial charge in [0.05, 0.1) is 30.1 Å². The molecule has 4 heterocycles. The molecule has 1 saturated heterocycles. The standard InChI is InChI=1S/C20H26N8O3/c1-13-7-20(19(30)28(13)16-6-18(29)31-11-16)4-2-14(3-5-20)21-8-15-9-23-17(10-22-15)27-12-24-25-26-27/h6,9-10,12-14,18,21,29H,2-5,7-8,11H2,1H3. The SMILES string of the molecule is CC1CC2(CCC(NCc3cnc(-n4cnnn4)cn3)CC2)C(=O)N1C1=CC(O)OC1. The minimum Gasteiger partial charge on any atom is -0.365 e. The normalized spacial score (nSPS) is 30.9. The Kier molecular flexibility index (Phi) is 5.24. The molecule has 1 aliphatic carbocycles. The van der Waals surface area contributed by atoms with Crippen molar-refractivity contribution in [1.29, 1.82) is 0 Å².